The number of fused-ring (bicyclic) bond motifs is 1. The van der Waals surface area contributed by atoms with Crippen molar-refractivity contribution >= 4 is 40.5 Å². The number of H-pyrrole nitrogens is 1. The van der Waals surface area contributed by atoms with Crippen LogP contribution in [-0.2, 0) is 4.79 Å². The van der Waals surface area contributed by atoms with Crippen molar-refractivity contribution in [3.63, 3.8) is 0 Å². The Labute approximate surface area is 224 Å². The van der Waals surface area contributed by atoms with Crippen molar-refractivity contribution in [2.24, 2.45) is 0 Å². The molecular weight excluding hydrogens is 492 g/mol. The van der Waals surface area contributed by atoms with Crippen LogP contribution in [0, 0.1) is 11.3 Å². The lowest BCUT2D eigenvalue weighted by atomic mass is 10.1. The molecule has 192 valence electrons. The molecule has 0 spiro atoms. The number of nitrogens with two attached hydrogens (primary N) is 1. The van der Waals surface area contributed by atoms with E-state index in [2.05, 4.69) is 20.5 Å². The molecule has 5 aromatic rings. The molecule has 10 heteroatoms. The van der Waals surface area contributed by atoms with Crippen LogP contribution in [0.5, 0.6) is 11.5 Å². The van der Waals surface area contributed by atoms with E-state index in [1.54, 1.807) is 32.3 Å². The van der Waals surface area contributed by atoms with Gasteiger partial charge in [-0.3, -0.25) is 9.89 Å². The number of carbonyl (C=O) groups excluding carboxylic acids is 1. The van der Waals surface area contributed by atoms with Gasteiger partial charge in [0.05, 0.1) is 11.1 Å². The van der Waals surface area contributed by atoms with Crippen LogP contribution in [0.4, 0.5) is 17.5 Å². The number of ether oxygens (including phenoxy) is 1. The number of benzene rings is 3. The highest BCUT2D eigenvalue weighted by molar-refractivity contribution is 6.01. The first-order valence-corrected chi connectivity index (χ1v) is 12.0. The van der Waals surface area contributed by atoms with E-state index in [0.29, 0.717) is 45.5 Å². The van der Waals surface area contributed by atoms with E-state index in [4.69, 9.17) is 15.5 Å². The first-order chi connectivity index (χ1) is 18.9. The Balaban J connectivity index is 1.46. The summed E-state index contributed by atoms with van der Waals surface area (Å²) in [5, 5.41) is 20.2. The summed E-state index contributed by atoms with van der Waals surface area (Å²) < 4.78 is 5.91. The van der Waals surface area contributed by atoms with Gasteiger partial charge >= 0.3 is 0 Å². The molecule has 2 heterocycles. The van der Waals surface area contributed by atoms with Crippen molar-refractivity contribution in [2.75, 3.05) is 25.1 Å². The third-order valence-electron chi connectivity index (χ3n) is 5.76. The Kier molecular flexibility index (Phi) is 6.88. The molecule has 2 aromatic heterocycles. The smallest absolute Gasteiger partial charge is 0.264 e. The molecule has 0 saturated heterocycles. The fourth-order valence-corrected chi connectivity index (χ4v) is 3.90. The van der Waals surface area contributed by atoms with Gasteiger partial charge in [-0.05, 0) is 60.2 Å². The number of hydrogen-bond donors (Lipinski definition) is 3. The highest BCUT2D eigenvalue weighted by Crippen LogP contribution is 2.32. The van der Waals surface area contributed by atoms with Gasteiger partial charge in [0.25, 0.3) is 5.91 Å². The summed E-state index contributed by atoms with van der Waals surface area (Å²) >= 11 is 0. The summed E-state index contributed by atoms with van der Waals surface area (Å²) in [4.78, 5) is 22.8. The van der Waals surface area contributed by atoms with Crippen molar-refractivity contribution < 1.29 is 9.53 Å². The van der Waals surface area contributed by atoms with Crippen LogP contribution in [0.3, 0.4) is 0 Å². The minimum absolute atomic E-state index is 0.0313. The van der Waals surface area contributed by atoms with Gasteiger partial charge in [0.1, 0.15) is 29.0 Å². The lowest BCUT2D eigenvalue weighted by Gasteiger charge is -2.11. The van der Waals surface area contributed by atoms with E-state index in [9.17, 15) is 10.1 Å². The number of nitrogen functional groups attached to an aromatic ring is 1. The number of nitrogens with zero attached hydrogens (tertiary/aromatic N) is 5. The standard InChI is InChI=1S/C29H24N8O2/c1-37(2)28(38)20(17-30)15-18-7-6-8-21(16-18)32-29-33-25(24-26(31)35-36-27(24)34-29)19-11-13-23(14-12-19)39-22-9-4-3-5-10-22/h3-16H,1-2H3,(H4,31,32,33,34,35,36)/b20-15+. The van der Waals surface area contributed by atoms with Gasteiger partial charge in [0.2, 0.25) is 5.95 Å². The normalized spacial score (nSPS) is 11.2. The molecule has 10 nitrogen and oxygen atoms in total. The zero-order valence-corrected chi connectivity index (χ0v) is 21.2. The Bertz CT molecular complexity index is 1720. The maximum absolute atomic E-state index is 12.2. The van der Waals surface area contributed by atoms with Crippen LogP contribution in [0.15, 0.2) is 84.4 Å². The van der Waals surface area contributed by atoms with Crippen molar-refractivity contribution in [2.45, 2.75) is 0 Å². The summed E-state index contributed by atoms with van der Waals surface area (Å²) in [5.41, 5.74) is 9.34. The number of anilines is 3. The molecule has 3 aromatic carbocycles. The second kappa shape index (κ2) is 10.7. The Morgan fingerprint density at radius 1 is 1.03 bits per heavy atom. The minimum atomic E-state index is -0.370. The second-order valence-electron chi connectivity index (χ2n) is 8.79. The van der Waals surface area contributed by atoms with Crippen LogP contribution in [-0.4, -0.2) is 45.1 Å². The van der Waals surface area contributed by atoms with Gasteiger partial charge in [-0.1, -0.05) is 30.3 Å². The number of likely N-dealkylation sites (N-methyl/N-ethyl adjacent to an activating group) is 1. The summed E-state index contributed by atoms with van der Waals surface area (Å²) in [6.45, 7) is 0. The zero-order valence-electron chi connectivity index (χ0n) is 21.2. The number of rotatable bonds is 7. The van der Waals surface area contributed by atoms with E-state index in [1.807, 2.05) is 66.7 Å². The van der Waals surface area contributed by atoms with Crippen molar-refractivity contribution in [3.05, 3.63) is 90.0 Å². The van der Waals surface area contributed by atoms with E-state index in [-0.39, 0.29) is 11.5 Å². The van der Waals surface area contributed by atoms with E-state index in [0.717, 1.165) is 11.3 Å². The van der Waals surface area contributed by atoms with E-state index in [1.165, 1.54) is 11.0 Å². The monoisotopic (exact) mass is 516 g/mol. The molecule has 0 radical (unpaired) electrons. The fourth-order valence-electron chi connectivity index (χ4n) is 3.90. The first kappa shape index (κ1) is 25.0. The summed E-state index contributed by atoms with van der Waals surface area (Å²) in [5.74, 6) is 1.72. The zero-order chi connectivity index (χ0) is 27.4. The predicted octanol–water partition coefficient (Wildman–Crippen LogP) is 5.13. The molecule has 39 heavy (non-hydrogen) atoms. The highest BCUT2D eigenvalue weighted by atomic mass is 16.5. The average molecular weight is 517 g/mol. The summed E-state index contributed by atoms with van der Waals surface area (Å²) in [6.07, 6.45) is 1.54. The summed E-state index contributed by atoms with van der Waals surface area (Å²) in [6, 6.07) is 26.2. The molecule has 0 bridgehead atoms. The van der Waals surface area contributed by atoms with Gasteiger partial charge in [0.15, 0.2) is 5.65 Å². The number of para-hydroxylation sites is 1. The first-order valence-electron chi connectivity index (χ1n) is 12.0. The molecule has 0 aliphatic rings. The third kappa shape index (κ3) is 5.52. The minimum Gasteiger partial charge on any atom is -0.457 e. The van der Waals surface area contributed by atoms with Crippen LogP contribution in [0.25, 0.3) is 28.4 Å². The van der Waals surface area contributed by atoms with Gasteiger partial charge in [-0.25, -0.2) is 4.98 Å². The van der Waals surface area contributed by atoms with Crippen molar-refractivity contribution in [1.29, 1.82) is 5.26 Å². The molecule has 4 N–H and O–H groups in total. The largest absolute Gasteiger partial charge is 0.457 e. The topological polar surface area (TPSA) is 146 Å². The average Bonchev–Trinajstić information content (AvgIpc) is 3.32. The van der Waals surface area contributed by atoms with E-state index < -0.39 is 0 Å². The highest BCUT2D eigenvalue weighted by Gasteiger charge is 2.16. The predicted molar refractivity (Wildman–Crippen MR) is 150 cm³/mol. The molecular formula is C29H24N8O2. The second-order valence-corrected chi connectivity index (χ2v) is 8.79. The molecule has 0 unspecified atom stereocenters. The number of carbonyl (C=O) groups is 1. The molecule has 0 aliphatic carbocycles. The van der Waals surface area contributed by atoms with Crippen LogP contribution < -0.4 is 15.8 Å². The molecule has 0 fully saturated rings. The summed E-state index contributed by atoms with van der Waals surface area (Å²) in [7, 11) is 3.20. The molecule has 0 atom stereocenters. The van der Waals surface area contributed by atoms with Gasteiger partial charge in [-0.2, -0.15) is 15.3 Å². The lowest BCUT2D eigenvalue weighted by molar-refractivity contribution is -0.124. The Morgan fingerprint density at radius 3 is 2.49 bits per heavy atom. The Hall–Kier alpha value is -5.69. The maximum atomic E-state index is 12.2. The van der Waals surface area contributed by atoms with Crippen molar-refractivity contribution in [1.82, 2.24) is 25.1 Å². The van der Waals surface area contributed by atoms with E-state index >= 15 is 0 Å². The number of hydrogen-bond acceptors (Lipinski definition) is 8. The fraction of sp³-hybridized carbons (Fsp3) is 0.0690. The number of aromatic amines is 1. The maximum Gasteiger partial charge on any atom is 0.264 e. The quantitative estimate of drug-likeness (QED) is 0.199. The number of aromatic nitrogens is 4. The molecule has 0 aliphatic heterocycles. The number of amides is 1. The third-order valence-corrected chi connectivity index (χ3v) is 5.76. The molecule has 5 rings (SSSR count). The van der Waals surface area contributed by atoms with Crippen LogP contribution in [0.2, 0.25) is 0 Å². The molecule has 0 saturated carbocycles. The molecule has 1 amide bonds. The van der Waals surface area contributed by atoms with Crippen LogP contribution >= 0.6 is 0 Å². The number of nitriles is 1. The lowest BCUT2D eigenvalue weighted by Crippen LogP contribution is -2.22. The number of nitrogens with one attached hydrogen (secondary N) is 2. The van der Waals surface area contributed by atoms with Crippen LogP contribution in [0.1, 0.15) is 5.56 Å². The SMILES string of the molecule is CN(C)C(=O)/C(C#N)=C/c1cccc(Nc2nc(-c3ccc(Oc4ccccc4)cc3)c3c(N)[nH]nc3n2)c1. The Morgan fingerprint density at radius 2 is 1.77 bits per heavy atom. The van der Waals surface area contributed by atoms with Gasteiger partial charge in [-0.15, -0.1) is 0 Å². The van der Waals surface area contributed by atoms with Gasteiger partial charge in [0, 0.05) is 25.3 Å². The van der Waals surface area contributed by atoms with Crippen molar-refractivity contribution in [3.8, 4) is 28.8 Å². The van der Waals surface area contributed by atoms with Gasteiger partial charge < -0.3 is 20.7 Å².